The van der Waals surface area contributed by atoms with Crippen molar-refractivity contribution in [3.63, 3.8) is 0 Å². The summed E-state index contributed by atoms with van der Waals surface area (Å²) in [5.41, 5.74) is 0.0117. The summed E-state index contributed by atoms with van der Waals surface area (Å²) in [6.07, 6.45) is -2.86. The van der Waals surface area contributed by atoms with Crippen LogP contribution in [-0.4, -0.2) is 45.3 Å². The zero-order chi connectivity index (χ0) is 21.3. The van der Waals surface area contributed by atoms with Crippen LogP contribution in [0.5, 0.6) is 11.5 Å². The van der Waals surface area contributed by atoms with E-state index in [2.05, 4.69) is 25.9 Å². The van der Waals surface area contributed by atoms with E-state index in [-0.39, 0.29) is 24.0 Å². The molecule has 7 nitrogen and oxygen atoms in total. The molecule has 0 spiro atoms. The molecule has 0 radical (unpaired) electrons. The van der Waals surface area contributed by atoms with E-state index < -0.39 is 11.7 Å². The first kappa shape index (κ1) is 25.6. The highest BCUT2D eigenvalue weighted by Gasteiger charge is 2.30. The van der Waals surface area contributed by atoms with Gasteiger partial charge < -0.3 is 25.4 Å². The smallest absolute Gasteiger partial charge is 0.417 e. The molecular formula is C19H25F3IN5O2. The Bertz CT molecular complexity index is 817. The molecule has 0 aliphatic carbocycles. The highest BCUT2D eigenvalue weighted by molar-refractivity contribution is 14.0. The van der Waals surface area contributed by atoms with Crippen molar-refractivity contribution in [3.8, 4) is 11.5 Å². The van der Waals surface area contributed by atoms with Gasteiger partial charge in [-0.1, -0.05) is 0 Å². The minimum Gasteiger partial charge on any atom is -0.493 e. The van der Waals surface area contributed by atoms with E-state index in [0.717, 1.165) is 18.0 Å². The Morgan fingerprint density at radius 2 is 1.80 bits per heavy atom. The summed E-state index contributed by atoms with van der Waals surface area (Å²) in [7, 11) is 4.79. The molecule has 2 aromatic rings. The summed E-state index contributed by atoms with van der Waals surface area (Å²) in [5, 5.41) is 9.29. The number of aromatic nitrogens is 1. The van der Waals surface area contributed by atoms with Crippen LogP contribution in [-0.2, 0) is 6.18 Å². The Hall–Kier alpha value is -2.44. The molecule has 1 aromatic carbocycles. The van der Waals surface area contributed by atoms with Crippen LogP contribution in [0.25, 0.3) is 0 Å². The third kappa shape index (κ3) is 7.76. The number of methoxy groups -OCH3 is 2. The maximum Gasteiger partial charge on any atom is 0.417 e. The van der Waals surface area contributed by atoms with Crippen molar-refractivity contribution < 1.29 is 22.6 Å². The van der Waals surface area contributed by atoms with Crippen LogP contribution in [0.15, 0.2) is 41.5 Å². The highest BCUT2D eigenvalue weighted by Crippen LogP contribution is 2.30. The molecule has 0 aliphatic rings. The minimum absolute atomic E-state index is 0. The Morgan fingerprint density at radius 3 is 2.37 bits per heavy atom. The maximum atomic E-state index is 12.5. The van der Waals surface area contributed by atoms with E-state index in [9.17, 15) is 13.2 Å². The first-order valence-electron chi connectivity index (χ1n) is 8.84. The van der Waals surface area contributed by atoms with Crippen molar-refractivity contribution in [2.45, 2.75) is 12.6 Å². The zero-order valence-electron chi connectivity index (χ0n) is 16.8. The fourth-order valence-electron chi connectivity index (χ4n) is 2.41. The molecule has 0 saturated carbocycles. The molecule has 0 unspecified atom stereocenters. The molecule has 3 N–H and O–H groups in total. The molecule has 166 valence electrons. The average molecular weight is 539 g/mol. The number of ether oxygens (including phenoxy) is 2. The Morgan fingerprint density at radius 1 is 1.07 bits per heavy atom. The van der Waals surface area contributed by atoms with Gasteiger partial charge >= 0.3 is 6.18 Å². The molecule has 0 fully saturated rings. The standard InChI is InChI=1S/C19H24F3N5O2.HI/c1-23-18(27-14-6-7-15(28-2)16(11-14)29-3)25-10-4-9-24-17-8-5-13(12-26-17)19(20,21)22;/h5-8,11-12H,4,9-10H2,1-3H3,(H,24,26)(H2,23,25,27);1H. The number of guanidine groups is 1. The van der Waals surface area contributed by atoms with Gasteiger partial charge in [0.1, 0.15) is 5.82 Å². The lowest BCUT2D eigenvalue weighted by Gasteiger charge is -2.14. The van der Waals surface area contributed by atoms with E-state index in [1.807, 2.05) is 6.07 Å². The van der Waals surface area contributed by atoms with Crippen LogP contribution < -0.4 is 25.4 Å². The lowest BCUT2D eigenvalue weighted by molar-refractivity contribution is -0.137. The molecule has 1 heterocycles. The van der Waals surface area contributed by atoms with Gasteiger partial charge in [0.05, 0.1) is 19.8 Å². The number of pyridine rings is 1. The maximum absolute atomic E-state index is 12.5. The lowest BCUT2D eigenvalue weighted by Crippen LogP contribution is -2.32. The number of hydrogen-bond donors (Lipinski definition) is 3. The summed E-state index contributed by atoms with van der Waals surface area (Å²) < 4.78 is 48.0. The predicted molar refractivity (Wildman–Crippen MR) is 122 cm³/mol. The summed E-state index contributed by atoms with van der Waals surface area (Å²) in [4.78, 5) is 7.92. The van der Waals surface area contributed by atoms with Crippen LogP contribution in [0.4, 0.5) is 24.7 Å². The first-order valence-corrected chi connectivity index (χ1v) is 8.84. The average Bonchev–Trinajstić information content (AvgIpc) is 2.72. The van der Waals surface area contributed by atoms with Gasteiger partial charge in [-0.15, -0.1) is 24.0 Å². The SMILES string of the molecule is CN=C(NCCCNc1ccc(C(F)(F)F)cn1)Nc1ccc(OC)c(OC)c1.I. The highest BCUT2D eigenvalue weighted by atomic mass is 127. The monoisotopic (exact) mass is 539 g/mol. The third-order valence-electron chi connectivity index (χ3n) is 3.91. The summed E-state index contributed by atoms with van der Waals surface area (Å²) >= 11 is 0. The van der Waals surface area contributed by atoms with Crippen LogP contribution in [0.1, 0.15) is 12.0 Å². The van der Waals surface area contributed by atoms with E-state index in [1.54, 1.807) is 33.4 Å². The van der Waals surface area contributed by atoms with Crippen LogP contribution in [0.2, 0.25) is 0 Å². The minimum atomic E-state index is -4.38. The largest absolute Gasteiger partial charge is 0.493 e. The van der Waals surface area contributed by atoms with Crippen LogP contribution >= 0.6 is 24.0 Å². The molecule has 0 atom stereocenters. The Labute approximate surface area is 190 Å². The number of nitrogens with zero attached hydrogens (tertiary/aromatic N) is 2. The second-order valence-electron chi connectivity index (χ2n) is 5.90. The van der Waals surface area contributed by atoms with Gasteiger partial charge in [0, 0.05) is 38.1 Å². The fourth-order valence-corrected chi connectivity index (χ4v) is 2.41. The summed E-state index contributed by atoms with van der Waals surface area (Å²) in [6.45, 7) is 1.14. The number of hydrogen-bond acceptors (Lipinski definition) is 5. The van der Waals surface area contributed by atoms with Crippen molar-refractivity contribution in [2.75, 3.05) is 45.0 Å². The van der Waals surface area contributed by atoms with Gasteiger partial charge in [0.15, 0.2) is 17.5 Å². The number of benzene rings is 1. The van der Waals surface area contributed by atoms with Crippen molar-refractivity contribution in [3.05, 3.63) is 42.1 Å². The van der Waals surface area contributed by atoms with Gasteiger partial charge in [-0.2, -0.15) is 13.2 Å². The number of alkyl halides is 3. The molecule has 1 aromatic heterocycles. The van der Waals surface area contributed by atoms with Gasteiger partial charge in [-0.25, -0.2) is 4.98 Å². The van der Waals surface area contributed by atoms with E-state index in [0.29, 0.717) is 42.8 Å². The molecule has 0 saturated heterocycles. The van der Waals surface area contributed by atoms with Crippen LogP contribution in [0.3, 0.4) is 0 Å². The number of aliphatic imine (C=N–C) groups is 1. The Kier molecular flexibility index (Phi) is 10.5. The molecule has 30 heavy (non-hydrogen) atoms. The van der Waals surface area contributed by atoms with Gasteiger partial charge in [-0.05, 0) is 30.7 Å². The summed E-state index contributed by atoms with van der Waals surface area (Å²) in [6, 6.07) is 7.74. The number of anilines is 2. The van der Waals surface area contributed by atoms with Crippen molar-refractivity contribution in [2.24, 2.45) is 4.99 Å². The van der Waals surface area contributed by atoms with Gasteiger partial charge in [0.25, 0.3) is 0 Å². The number of rotatable bonds is 8. The fraction of sp³-hybridized carbons (Fsp3) is 0.368. The van der Waals surface area contributed by atoms with E-state index in [1.165, 1.54) is 6.07 Å². The molecule has 11 heteroatoms. The summed E-state index contributed by atoms with van der Waals surface area (Å²) in [5.74, 6) is 2.20. The first-order chi connectivity index (χ1) is 13.9. The predicted octanol–water partition coefficient (Wildman–Crippen LogP) is 4.23. The van der Waals surface area contributed by atoms with Gasteiger partial charge in [-0.3, -0.25) is 4.99 Å². The van der Waals surface area contributed by atoms with Crippen molar-refractivity contribution in [1.29, 1.82) is 0 Å². The second-order valence-corrected chi connectivity index (χ2v) is 5.90. The van der Waals surface area contributed by atoms with Gasteiger partial charge in [0.2, 0.25) is 0 Å². The van der Waals surface area contributed by atoms with Crippen LogP contribution in [0, 0.1) is 0 Å². The number of halogens is 4. The third-order valence-corrected chi connectivity index (χ3v) is 3.91. The molecule has 0 amide bonds. The normalized spacial score (nSPS) is 11.3. The Balaban J connectivity index is 0.00000450. The van der Waals surface area contributed by atoms with Crippen molar-refractivity contribution in [1.82, 2.24) is 10.3 Å². The molecule has 0 aliphatic heterocycles. The second kappa shape index (κ2) is 12.3. The van der Waals surface area contributed by atoms with Crippen molar-refractivity contribution >= 4 is 41.4 Å². The van der Waals surface area contributed by atoms with E-state index >= 15 is 0 Å². The quantitative estimate of drug-likeness (QED) is 0.202. The lowest BCUT2D eigenvalue weighted by atomic mass is 10.2. The molecule has 0 bridgehead atoms. The topological polar surface area (TPSA) is 79.8 Å². The van der Waals surface area contributed by atoms with E-state index in [4.69, 9.17) is 9.47 Å². The number of nitrogens with one attached hydrogen (secondary N) is 3. The zero-order valence-corrected chi connectivity index (χ0v) is 19.2. The molecule has 2 rings (SSSR count). The molecular weight excluding hydrogens is 514 g/mol.